The van der Waals surface area contributed by atoms with Crippen molar-refractivity contribution in [2.24, 2.45) is 17.8 Å². The number of carboxylic acid groups (broad SMARTS) is 1. The molecule has 3 aliphatic rings. The van der Waals surface area contributed by atoms with Gasteiger partial charge in [-0.05, 0) is 85.5 Å². The van der Waals surface area contributed by atoms with Crippen LogP contribution in [-0.4, -0.2) is 65.6 Å². The minimum absolute atomic E-state index is 0.0208. The average molecular weight is 597 g/mol. The van der Waals surface area contributed by atoms with Gasteiger partial charge in [0, 0.05) is 38.4 Å². The Balaban J connectivity index is 1.17. The molecule has 0 amide bonds. The SMILES string of the molecule is O=C(O)[C@@H](CC1CC1)N1C[C@H](CN2CCC(CC(F)(F)Cc3ccc(C(F)(F)F)cc3)CC2)[C@@H](c2cccc(F)c2)C1. The number of aliphatic carboxylic acids is 1. The summed E-state index contributed by atoms with van der Waals surface area (Å²) < 4.78 is 82.3. The standard InChI is InChI=1S/C32H38F6N2O2/c33-27-3-1-2-24(15-27)28-20-40(29(30(41)42)14-21-4-5-21)19-25(28)18-39-12-10-23(11-13-39)17-31(34,35)16-22-6-8-26(9-7-22)32(36,37)38/h1-3,6-9,15,21,23,25,28-29H,4-5,10-14,16-20H2,(H,41,42)/t25-,28+,29+/m0/s1. The van der Waals surface area contributed by atoms with Crippen LogP contribution in [0.3, 0.4) is 0 Å². The first-order chi connectivity index (χ1) is 19.9. The molecule has 230 valence electrons. The van der Waals surface area contributed by atoms with Crippen molar-refractivity contribution in [3.8, 4) is 0 Å². The second kappa shape index (κ2) is 12.6. The number of carbonyl (C=O) groups is 1. The van der Waals surface area contributed by atoms with Crippen molar-refractivity contribution in [2.45, 2.75) is 69.0 Å². The van der Waals surface area contributed by atoms with Crippen LogP contribution in [0.2, 0.25) is 0 Å². The smallest absolute Gasteiger partial charge is 0.416 e. The van der Waals surface area contributed by atoms with Crippen LogP contribution in [0, 0.1) is 23.6 Å². The zero-order chi connectivity index (χ0) is 30.1. The number of carboxylic acids is 1. The minimum atomic E-state index is -4.50. The van der Waals surface area contributed by atoms with Gasteiger partial charge >= 0.3 is 12.1 Å². The van der Waals surface area contributed by atoms with E-state index < -0.39 is 36.1 Å². The van der Waals surface area contributed by atoms with Gasteiger partial charge in [0.1, 0.15) is 11.9 Å². The van der Waals surface area contributed by atoms with Crippen LogP contribution in [0.4, 0.5) is 26.3 Å². The molecule has 5 rings (SSSR count). The third-order valence-electron chi connectivity index (χ3n) is 9.26. The van der Waals surface area contributed by atoms with Gasteiger partial charge in [-0.1, -0.05) is 37.1 Å². The summed E-state index contributed by atoms with van der Waals surface area (Å²) in [5.74, 6) is -3.84. The van der Waals surface area contributed by atoms with Gasteiger partial charge in [0.05, 0.1) is 5.56 Å². The minimum Gasteiger partial charge on any atom is -0.480 e. The summed E-state index contributed by atoms with van der Waals surface area (Å²) in [5.41, 5.74) is 0.185. The fourth-order valence-electron chi connectivity index (χ4n) is 6.84. The molecule has 0 bridgehead atoms. The van der Waals surface area contributed by atoms with E-state index in [4.69, 9.17) is 0 Å². The van der Waals surface area contributed by atoms with Crippen LogP contribution in [0.5, 0.6) is 0 Å². The first kappa shape index (κ1) is 30.9. The lowest BCUT2D eigenvalue weighted by molar-refractivity contribution is -0.143. The van der Waals surface area contributed by atoms with Gasteiger partial charge in [-0.15, -0.1) is 0 Å². The second-order valence-electron chi connectivity index (χ2n) is 12.6. The number of alkyl halides is 5. The summed E-state index contributed by atoms with van der Waals surface area (Å²) in [6, 6.07) is 9.88. The van der Waals surface area contributed by atoms with Crippen molar-refractivity contribution in [3.63, 3.8) is 0 Å². The predicted octanol–water partition coefficient (Wildman–Crippen LogP) is 7.09. The highest BCUT2D eigenvalue weighted by molar-refractivity contribution is 5.73. The normalized spacial score (nSPS) is 23.8. The highest BCUT2D eigenvalue weighted by Gasteiger charge is 2.42. The summed E-state index contributed by atoms with van der Waals surface area (Å²) >= 11 is 0. The Morgan fingerprint density at radius 2 is 1.62 bits per heavy atom. The van der Waals surface area contributed by atoms with E-state index in [-0.39, 0.29) is 35.6 Å². The summed E-state index contributed by atoms with van der Waals surface area (Å²) in [7, 11) is 0. The predicted molar refractivity (Wildman–Crippen MR) is 147 cm³/mol. The first-order valence-electron chi connectivity index (χ1n) is 14.8. The van der Waals surface area contributed by atoms with Gasteiger partial charge in [0.2, 0.25) is 0 Å². The Hall–Kier alpha value is -2.59. The Kier molecular flexibility index (Phi) is 9.23. The molecule has 4 nitrogen and oxygen atoms in total. The monoisotopic (exact) mass is 596 g/mol. The van der Waals surface area contributed by atoms with Crippen molar-refractivity contribution in [1.29, 1.82) is 0 Å². The van der Waals surface area contributed by atoms with Crippen LogP contribution in [0.1, 0.15) is 61.1 Å². The number of hydrogen-bond donors (Lipinski definition) is 1. The Bertz CT molecular complexity index is 1210. The maximum atomic E-state index is 14.9. The van der Waals surface area contributed by atoms with Crippen molar-refractivity contribution >= 4 is 5.97 Å². The van der Waals surface area contributed by atoms with E-state index in [9.17, 15) is 36.2 Å². The molecule has 0 unspecified atom stereocenters. The quantitative estimate of drug-likeness (QED) is 0.281. The maximum absolute atomic E-state index is 14.9. The third-order valence-corrected chi connectivity index (χ3v) is 9.26. The first-order valence-corrected chi connectivity index (χ1v) is 14.8. The third kappa shape index (κ3) is 8.07. The van der Waals surface area contributed by atoms with Gasteiger partial charge in [0.15, 0.2) is 0 Å². The number of nitrogens with zero attached hydrogens (tertiary/aromatic N) is 2. The number of rotatable bonds is 11. The molecule has 1 saturated carbocycles. The van der Waals surface area contributed by atoms with Crippen LogP contribution >= 0.6 is 0 Å². The van der Waals surface area contributed by atoms with Gasteiger partial charge < -0.3 is 10.0 Å². The van der Waals surface area contributed by atoms with Crippen LogP contribution in [0.15, 0.2) is 48.5 Å². The van der Waals surface area contributed by atoms with Gasteiger partial charge in [0.25, 0.3) is 5.92 Å². The number of hydrogen-bond acceptors (Lipinski definition) is 3. The molecular formula is C32H38F6N2O2. The molecule has 42 heavy (non-hydrogen) atoms. The van der Waals surface area contributed by atoms with Crippen molar-refractivity contribution < 1.29 is 36.2 Å². The number of likely N-dealkylation sites (tertiary alicyclic amines) is 2. The molecule has 2 aromatic carbocycles. The van der Waals surface area contributed by atoms with E-state index in [0.29, 0.717) is 57.9 Å². The van der Waals surface area contributed by atoms with E-state index in [2.05, 4.69) is 4.90 Å². The topological polar surface area (TPSA) is 43.8 Å². The van der Waals surface area contributed by atoms with E-state index in [1.807, 2.05) is 11.0 Å². The summed E-state index contributed by atoms with van der Waals surface area (Å²) in [6.07, 6.45) is -1.48. The zero-order valence-corrected chi connectivity index (χ0v) is 23.5. The van der Waals surface area contributed by atoms with Crippen LogP contribution < -0.4 is 0 Å². The molecule has 1 N–H and O–H groups in total. The lowest BCUT2D eigenvalue weighted by Crippen LogP contribution is -2.42. The highest BCUT2D eigenvalue weighted by atomic mass is 19.4. The molecule has 3 atom stereocenters. The number of benzene rings is 2. The largest absolute Gasteiger partial charge is 0.480 e. The molecule has 2 aliphatic heterocycles. The van der Waals surface area contributed by atoms with E-state index in [1.54, 1.807) is 6.07 Å². The molecule has 0 aromatic heterocycles. The van der Waals surface area contributed by atoms with Gasteiger partial charge in [-0.3, -0.25) is 9.69 Å². The van der Waals surface area contributed by atoms with Crippen LogP contribution in [-0.2, 0) is 17.4 Å². The Morgan fingerprint density at radius 1 is 0.929 bits per heavy atom. The number of halogens is 6. The molecule has 1 aliphatic carbocycles. The van der Waals surface area contributed by atoms with E-state index >= 15 is 0 Å². The molecule has 0 spiro atoms. The summed E-state index contributed by atoms with van der Waals surface area (Å²) in [4.78, 5) is 16.4. The van der Waals surface area contributed by atoms with Crippen molar-refractivity contribution in [2.75, 3.05) is 32.7 Å². The molecule has 10 heteroatoms. The lowest BCUT2D eigenvalue weighted by Gasteiger charge is -2.36. The number of piperidine rings is 1. The van der Waals surface area contributed by atoms with Crippen LogP contribution in [0.25, 0.3) is 0 Å². The lowest BCUT2D eigenvalue weighted by atomic mass is 9.86. The molecule has 3 fully saturated rings. The summed E-state index contributed by atoms with van der Waals surface area (Å²) in [5, 5.41) is 9.96. The molecular weight excluding hydrogens is 558 g/mol. The molecule has 2 aromatic rings. The van der Waals surface area contributed by atoms with Gasteiger partial charge in [-0.25, -0.2) is 13.2 Å². The molecule has 2 saturated heterocycles. The Labute approximate surface area is 242 Å². The second-order valence-corrected chi connectivity index (χ2v) is 12.6. The molecule has 2 heterocycles. The van der Waals surface area contributed by atoms with Gasteiger partial charge in [-0.2, -0.15) is 13.2 Å². The van der Waals surface area contributed by atoms with E-state index in [0.717, 1.165) is 42.7 Å². The van der Waals surface area contributed by atoms with Crippen molar-refractivity contribution in [3.05, 3.63) is 71.0 Å². The Morgan fingerprint density at radius 3 is 2.21 bits per heavy atom. The fourth-order valence-corrected chi connectivity index (χ4v) is 6.84. The maximum Gasteiger partial charge on any atom is 0.416 e. The highest BCUT2D eigenvalue weighted by Crippen LogP contribution is 2.40. The molecule has 0 radical (unpaired) electrons. The van der Waals surface area contributed by atoms with E-state index in [1.165, 1.54) is 12.1 Å². The summed E-state index contributed by atoms with van der Waals surface area (Å²) in [6.45, 7) is 3.10. The zero-order valence-electron chi connectivity index (χ0n) is 23.5. The average Bonchev–Trinajstić information content (AvgIpc) is 3.65. The fraction of sp³-hybridized carbons (Fsp3) is 0.594. The van der Waals surface area contributed by atoms with Crippen molar-refractivity contribution in [1.82, 2.24) is 9.80 Å².